The molecular weight excluding hydrogens is 474 g/mol. The average Bonchev–Trinajstić information content (AvgIpc) is 3.41. The molecule has 0 fully saturated rings. The summed E-state index contributed by atoms with van der Waals surface area (Å²) in [6.07, 6.45) is 1.71. The summed E-state index contributed by atoms with van der Waals surface area (Å²) >= 11 is 1.30. The van der Waals surface area contributed by atoms with E-state index >= 15 is 0 Å². The van der Waals surface area contributed by atoms with Crippen LogP contribution in [-0.4, -0.2) is 38.1 Å². The van der Waals surface area contributed by atoms with Crippen LogP contribution in [0.25, 0.3) is 0 Å². The van der Waals surface area contributed by atoms with E-state index in [2.05, 4.69) is 4.98 Å². The second kappa shape index (κ2) is 9.19. The van der Waals surface area contributed by atoms with Gasteiger partial charge in [-0.25, -0.2) is 18.2 Å². The molecule has 1 aliphatic heterocycles. The average molecular weight is 500 g/mol. The Morgan fingerprint density at radius 2 is 1.97 bits per heavy atom. The zero-order valence-corrected chi connectivity index (χ0v) is 21.0. The third kappa shape index (κ3) is 4.69. The van der Waals surface area contributed by atoms with Crippen molar-refractivity contribution in [1.29, 1.82) is 0 Å². The lowest BCUT2D eigenvalue weighted by molar-refractivity contribution is -0.115. The number of nitrogens with zero attached hydrogens (tertiary/aromatic N) is 3. The summed E-state index contributed by atoms with van der Waals surface area (Å²) in [4.78, 5) is 31.1. The van der Waals surface area contributed by atoms with Gasteiger partial charge in [0.15, 0.2) is 5.13 Å². The SMILES string of the molecule is CC(=O)N(c1nc(COC(=O)c2ccc3c(c2)CCN3S(C)(=O)=O)cs1)c1cccc(C)c1C. The number of aryl methyl sites for hydroxylation is 1. The number of ether oxygens (including phenoxy) is 1. The molecule has 10 heteroatoms. The van der Waals surface area contributed by atoms with E-state index in [0.717, 1.165) is 22.4 Å². The van der Waals surface area contributed by atoms with Crippen molar-refractivity contribution in [1.82, 2.24) is 4.98 Å². The molecule has 4 rings (SSSR count). The van der Waals surface area contributed by atoms with Crippen molar-refractivity contribution in [2.75, 3.05) is 22.0 Å². The standard InChI is InChI=1S/C24H25N3O5S2/c1-15-6-5-7-21(16(15)2)27(17(3)28)24-25-20(14-33-24)13-32-23(29)19-8-9-22-18(12-19)10-11-26(22)34(4,30)31/h5-9,12,14H,10-11,13H2,1-4H3. The van der Waals surface area contributed by atoms with Gasteiger partial charge in [-0.3, -0.25) is 14.0 Å². The molecule has 34 heavy (non-hydrogen) atoms. The number of thiazole rings is 1. The van der Waals surface area contributed by atoms with Crippen molar-refractivity contribution in [3.8, 4) is 0 Å². The minimum absolute atomic E-state index is 0.0412. The fourth-order valence-corrected chi connectivity index (χ4v) is 5.74. The Morgan fingerprint density at radius 1 is 1.21 bits per heavy atom. The normalized spacial score (nSPS) is 13.0. The highest BCUT2D eigenvalue weighted by Gasteiger charge is 2.27. The highest BCUT2D eigenvalue weighted by molar-refractivity contribution is 7.92. The predicted octanol–water partition coefficient (Wildman–Crippen LogP) is 4.12. The van der Waals surface area contributed by atoms with Gasteiger partial charge in [0.05, 0.1) is 28.9 Å². The van der Waals surface area contributed by atoms with Crippen molar-refractivity contribution in [2.45, 2.75) is 33.8 Å². The van der Waals surface area contributed by atoms with E-state index in [4.69, 9.17) is 4.74 Å². The Labute approximate surface area is 202 Å². The lowest BCUT2D eigenvalue weighted by atomic mass is 10.1. The van der Waals surface area contributed by atoms with Crippen LogP contribution < -0.4 is 9.21 Å². The Hall–Kier alpha value is -3.24. The van der Waals surface area contributed by atoms with Gasteiger partial charge in [0.2, 0.25) is 15.9 Å². The fraction of sp³-hybridized carbons (Fsp3) is 0.292. The summed E-state index contributed by atoms with van der Waals surface area (Å²) in [5.41, 5.74) is 5.11. The topological polar surface area (TPSA) is 96.9 Å². The van der Waals surface area contributed by atoms with Gasteiger partial charge in [0.25, 0.3) is 0 Å². The van der Waals surface area contributed by atoms with Gasteiger partial charge < -0.3 is 4.74 Å². The lowest BCUT2D eigenvalue weighted by Gasteiger charge is -2.21. The van der Waals surface area contributed by atoms with Gasteiger partial charge in [0, 0.05) is 18.8 Å². The smallest absolute Gasteiger partial charge is 0.338 e. The Balaban J connectivity index is 1.47. The maximum atomic E-state index is 12.6. The molecule has 1 aromatic heterocycles. The number of aromatic nitrogens is 1. The van der Waals surface area contributed by atoms with E-state index in [9.17, 15) is 18.0 Å². The molecule has 0 N–H and O–H groups in total. The number of rotatable bonds is 6. The molecule has 0 spiro atoms. The Morgan fingerprint density at radius 3 is 2.68 bits per heavy atom. The van der Waals surface area contributed by atoms with Crippen molar-refractivity contribution < 1.29 is 22.7 Å². The molecule has 3 aromatic rings. The summed E-state index contributed by atoms with van der Waals surface area (Å²) < 4.78 is 30.6. The number of hydrogen-bond acceptors (Lipinski definition) is 7. The minimum atomic E-state index is -3.35. The molecule has 0 radical (unpaired) electrons. The van der Waals surface area contributed by atoms with Crippen LogP contribution in [0.1, 0.15) is 39.7 Å². The van der Waals surface area contributed by atoms with Crippen molar-refractivity contribution >= 4 is 49.7 Å². The maximum Gasteiger partial charge on any atom is 0.338 e. The van der Waals surface area contributed by atoms with E-state index in [-0.39, 0.29) is 12.5 Å². The van der Waals surface area contributed by atoms with E-state index in [1.165, 1.54) is 28.8 Å². The number of fused-ring (bicyclic) bond motifs is 1. The zero-order chi connectivity index (χ0) is 24.6. The molecule has 0 unspecified atom stereocenters. The number of sulfonamides is 1. The van der Waals surface area contributed by atoms with Gasteiger partial charge in [-0.05, 0) is 61.2 Å². The lowest BCUT2D eigenvalue weighted by Crippen LogP contribution is -2.27. The molecule has 0 aliphatic carbocycles. The fourth-order valence-electron chi connectivity index (χ4n) is 3.92. The predicted molar refractivity (Wildman–Crippen MR) is 132 cm³/mol. The van der Waals surface area contributed by atoms with Crippen LogP contribution in [-0.2, 0) is 32.6 Å². The first-order valence-electron chi connectivity index (χ1n) is 10.7. The third-order valence-corrected chi connectivity index (χ3v) is 7.84. The molecule has 8 nitrogen and oxygen atoms in total. The summed E-state index contributed by atoms with van der Waals surface area (Å²) in [6, 6.07) is 10.6. The Kier molecular flexibility index (Phi) is 6.46. The molecule has 2 aromatic carbocycles. The quantitative estimate of drug-likeness (QED) is 0.473. The maximum absolute atomic E-state index is 12.6. The van der Waals surface area contributed by atoms with E-state index in [0.29, 0.717) is 35.0 Å². The first-order chi connectivity index (χ1) is 16.1. The Bertz CT molecular complexity index is 1380. The van der Waals surface area contributed by atoms with Gasteiger partial charge in [-0.1, -0.05) is 12.1 Å². The third-order valence-electron chi connectivity index (χ3n) is 5.78. The largest absolute Gasteiger partial charge is 0.456 e. The zero-order valence-electron chi connectivity index (χ0n) is 19.4. The molecule has 1 aliphatic rings. The molecular formula is C24H25N3O5S2. The van der Waals surface area contributed by atoms with Crippen molar-refractivity contribution in [2.24, 2.45) is 0 Å². The second-order valence-corrected chi connectivity index (χ2v) is 10.9. The number of carbonyl (C=O) groups is 2. The monoisotopic (exact) mass is 499 g/mol. The minimum Gasteiger partial charge on any atom is -0.456 e. The van der Waals surface area contributed by atoms with Crippen LogP contribution in [0.15, 0.2) is 41.8 Å². The number of benzene rings is 2. The summed E-state index contributed by atoms with van der Waals surface area (Å²) in [6.45, 7) is 5.76. The van der Waals surface area contributed by atoms with E-state index in [1.807, 2.05) is 32.0 Å². The molecule has 1 amide bonds. The van der Waals surface area contributed by atoms with Gasteiger partial charge in [0.1, 0.15) is 6.61 Å². The number of anilines is 3. The number of esters is 1. The van der Waals surface area contributed by atoms with Gasteiger partial charge in [-0.2, -0.15) is 0 Å². The van der Waals surface area contributed by atoms with Gasteiger partial charge >= 0.3 is 5.97 Å². The summed E-state index contributed by atoms with van der Waals surface area (Å²) in [5.74, 6) is -0.680. The van der Waals surface area contributed by atoms with Crippen LogP contribution in [0, 0.1) is 13.8 Å². The van der Waals surface area contributed by atoms with Crippen LogP contribution in [0.3, 0.4) is 0 Å². The molecule has 0 saturated carbocycles. The molecule has 178 valence electrons. The highest BCUT2D eigenvalue weighted by atomic mass is 32.2. The van der Waals surface area contributed by atoms with Crippen molar-refractivity contribution in [3.05, 3.63) is 69.7 Å². The number of hydrogen-bond donors (Lipinski definition) is 0. The molecule has 0 saturated heterocycles. The number of amides is 1. The van der Waals surface area contributed by atoms with Gasteiger partial charge in [-0.15, -0.1) is 11.3 Å². The van der Waals surface area contributed by atoms with Crippen molar-refractivity contribution in [3.63, 3.8) is 0 Å². The van der Waals surface area contributed by atoms with Crippen LogP contribution >= 0.6 is 11.3 Å². The summed E-state index contributed by atoms with van der Waals surface area (Å²) in [5, 5.41) is 2.27. The second-order valence-electron chi connectivity index (χ2n) is 8.20. The highest BCUT2D eigenvalue weighted by Crippen LogP contribution is 2.33. The molecule has 0 atom stereocenters. The van der Waals surface area contributed by atoms with E-state index < -0.39 is 16.0 Å². The summed E-state index contributed by atoms with van der Waals surface area (Å²) in [7, 11) is -3.35. The van der Waals surface area contributed by atoms with Crippen LogP contribution in [0.5, 0.6) is 0 Å². The number of carbonyl (C=O) groups excluding carboxylic acids is 2. The first-order valence-corrected chi connectivity index (χ1v) is 13.4. The van der Waals surface area contributed by atoms with Crippen LogP contribution in [0.2, 0.25) is 0 Å². The molecule has 0 bridgehead atoms. The molecule has 2 heterocycles. The van der Waals surface area contributed by atoms with Crippen LogP contribution in [0.4, 0.5) is 16.5 Å². The van der Waals surface area contributed by atoms with E-state index in [1.54, 1.807) is 28.5 Å². The first kappa shape index (κ1) is 23.9.